The zero-order valence-electron chi connectivity index (χ0n) is 13.3. The molecule has 2 fully saturated rings. The van der Waals surface area contributed by atoms with Crippen LogP contribution in [0.3, 0.4) is 0 Å². The van der Waals surface area contributed by atoms with Gasteiger partial charge in [-0.15, -0.1) is 0 Å². The second kappa shape index (κ2) is 9.07. The van der Waals surface area contributed by atoms with E-state index in [0.29, 0.717) is 26.1 Å². The molecule has 0 aromatic carbocycles. The molecule has 1 aliphatic carbocycles. The third-order valence-electron chi connectivity index (χ3n) is 4.12. The number of amides is 2. The van der Waals surface area contributed by atoms with E-state index in [2.05, 4.69) is 15.5 Å². The third kappa shape index (κ3) is 5.55. The average molecular weight is 313 g/mol. The lowest BCUT2D eigenvalue weighted by Crippen LogP contribution is -2.41. The van der Waals surface area contributed by atoms with Gasteiger partial charge in [-0.3, -0.25) is 14.5 Å². The van der Waals surface area contributed by atoms with Crippen molar-refractivity contribution in [3.05, 3.63) is 0 Å². The fraction of sp³-hybridized carbons (Fsp3) is 0.867. The Kier molecular flexibility index (Phi) is 7.08. The van der Waals surface area contributed by atoms with E-state index in [0.717, 1.165) is 39.3 Å². The van der Waals surface area contributed by atoms with E-state index in [9.17, 15) is 9.59 Å². The lowest BCUT2D eigenvalue weighted by molar-refractivity contribution is -0.127. The maximum Gasteiger partial charge on any atom is 0.223 e. The minimum absolute atomic E-state index is 0.00491. The first kappa shape index (κ1) is 17.2. The second-order valence-corrected chi connectivity index (χ2v) is 5.83. The Labute approximate surface area is 131 Å². The van der Waals surface area contributed by atoms with Crippen LogP contribution in [0.2, 0.25) is 0 Å². The van der Waals surface area contributed by atoms with Gasteiger partial charge >= 0.3 is 0 Å². The predicted molar refractivity (Wildman–Crippen MR) is 81.4 cm³/mol. The third-order valence-corrected chi connectivity index (χ3v) is 4.12. The summed E-state index contributed by atoms with van der Waals surface area (Å²) in [5.74, 6) is -0.298. The number of nitrogens with zero attached hydrogens (tertiary/aromatic N) is 1. The Hall–Kier alpha value is -1.18. The Balaban J connectivity index is 1.54. The van der Waals surface area contributed by atoms with Crippen molar-refractivity contribution >= 4 is 11.8 Å². The van der Waals surface area contributed by atoms with E-state index in [1.807, 2.05) is 0 Å². The number of hydrogen-bond acceptors (Lipinski definition) is 5. The summed E-state index contributed by atoms with van der Waals surface area (Å²) in [6.07, 6.45) is 1.46. The number of carbonyl (C=O) groups is 2. The number of morpholine rings is 1. The summed E-state index contributed by atoms with van der Waals surface area (Å²) in [5.41, 5.74) is 0. The molecule has 2 rings (SSSR count). The van der Waals surface area contributed by atoms with Crippen LogP contribution in [-0.2, 0) is 19.1 Å². The van der Waals surface area contributed by atoms with Gasteiger partial charge in [0.1, 0.15) is 0 Å². The first-order chi connectivity index (χ1) is 10.7. The van der Waals surface area contributed by atoms with Crippen molar-refractivity contribution in [1.29, 1.82) is 0 Å². The van der Waals surface area contributed by atoms with Crippen LogP contribution in [0.5, 0.6) is 0 Å². The maximum atomic E-state index is 12.0. The molecule has 2 aliphatic rings. The highest BCUT2D eigenvalue weighted by Gasteiger charge is 2.47. The minimum atomic E-state index is -0.147. The van der Waals surface area contributed by atoms with Crippen molar-refractivity contribution in [2.75, 3.05) is 59.7 Å². The standard InChI is InChI=1S/C15H27N3O4/c1-21-8-2-3-16-14(19)12-11-13(12)15(20)17-4-5-18-6-9-22-10-7-18/h12-13H,2-11H2,1H3,(H,16,19)(H,17,20). The van der Waals surface area contributed by atoms with Crippen LogP contribution in [0.25, 0.3) is 0 Å². The molecule has 1 saturated carbocycles. The van der Waals surface area contributed by atoms with Crippen molar-refractivity contribution in [3.8, 4) is 0 Å². The normalized spacial score (nSPS) is 24.8. The number of nitrogens with one attached hydrogen (secondary N) is 2. The van der Waals surface area contributed by atoms with E-state index in [1.54, 1.807) is 7.11 Å². The smallest absolute Gasteiger partial charge is 0.223 e. The maximum absolute atomic E-state index is 12.0. The highest BCUT2D eigenvalue weighted by molar-refractivity contribution is 5.92. The van der Waals surface area contributed by atoms with Crippen molar-refractivity contribution in [2.45, 2.75) is 12.8 Å². The van der Waals surface area contributed by atoms with E-state index in [1.165, 1.54) is 0 Å². The van der Waals surface area contributed by atoms with Crippen LogP contribution in [0.4, 0.5) is 0 Å². The van der Waals surface area contributed by atoms with Crippen molar-refractivity contribution in [1.82, 2.24) is 15.5 Å². The first-order valence-electron chi connectivity index (χ1n) is 8.07. The average Bonchev–Trinajstić information content (AvgIpc) is 3.33. The Morgan fingerprint density at radius 2 is 1.77 bits per heavy atom. The molecule has 2 amide bonds. The van der Waals surface area contributed by atoms with Crippen LogP contribution in [0.15, 0.2) is 0 Å². The molecule has 126 valence electrons. The summed E-state index contributed by atoms with van der Waals surface area (Å²) in [6.45, 7) is 6.10. The van der Waals surface area contributed by atoms with Gasteiger partial charge in [-0.2, -0.15) is 0 Å². The molecule has 1 saturated heterocycles. The molecule has 7 heteroatoms. The number of methoxy groups -OCH3 is 1. The van der Waals surface area contributed by atoms with Crippen LogP contribution < -0.4 is 10.6 Å². The van der Waals surface area contributed by atoms with Gasteiger partial charge < -0.3 is 20.1 Å². The highest BCUT2D eigenvalue weighted by atomic mass is 16.5. The zero-order chi connectivity index (χ0) is 15.8. The highest BCUT2D eigenvalue weighted by Crippen LogP contribution is 2.38. The molecular formula is C15H27N3O4. The lowest BCUT2D eigenvalue weighted by atomic mass is 10.2. The summed E-state index contributed by atoms with van der Waals surface area (Å²) in [4.78, 5) is 26.1. The summed E-state index contributed by atoms with van der Waals surface area (Å²) >= 11 is 0. The quantitative estimate of drug-likeness (QED) is 0.546. The van der Waals surface area contributed by atoms with Crippen molar-refractivity contribution < 1.29 is 19.1 Å². The zero-order valence-corrected chi connectivity index (χ0v) is 13.3. The molecule has 2 atom stereocenters. The van der Waals surface area contributed by atoms with Crippen LogP contribution >= 0.6 is 0 Å². The summed E-state index contributed by atoms with van der Waals surface area (Å²) in [5, 5.41) is 5.78. The molecule has 0 radical (unpaired) electrons. The Bertz CT molecular complexity index is 372. The van der Waals surface area contributed by atoms with Gasteiger partial charge in [0.05, 0.1) is 25.0 Å². The van der Waals surface area contributed by atoms with Crippen LogP contribution in [-0.4, -0.2) is 76.4 Å². The molecule has 1 aliphatic heterocycles. The van der Waals surface area contributed by atoms with Gasteiger partial charge in [-0.25, -0.2) is 0 Å². The second-order valence-electron chi connectivity index (χ2n) is 5.83. The molecule has 2 unspecified atom stereocenters. The molecule has 1 heterocycles. The summed E-state index contributed by atoms with van der Waals surface area (Å²) in [6, 6.07) is 0. The van der Waals surface area contributed by atoms with Crippen LogP contribution in [0, 0.1) is 11.8 Å². The van der Waals surface area contributed by atoms with E-state index in [4.69, 9.17) is 9.47 Å². The minimum Gasteiger partial charge on any atom is -0.385 e. The van der Waals surface area contributed by atoms with Gasteiger partial charge in [0.15, 0.2) is 0 Å². The molecule has 0 aromatic heterocycles. The Morgan fingerprint density at radius 1 is 1.14 bits per heavy atom. The van der Waals surface area contributed by atoms with E-state index < -0.39 is 0 Å². The first-order valence-corrected chi connectivity index (χ1v) is 8.07. The molecule has 22 heavy (non-hydrogen) atoms. The van der Waals surface area contributed by atoms with Gasteiger partial charge in [-0.1, -0.05) is 0 Å². The number of hydrogen-bond donors (Lipinski definition) is 2. The van der Waals surface area contributed by atoms with E-state index >= 15 is 0 Å². The molecule has 0 spiro atoms. The summed E-state index contributed by atoms with van der Waals surface area (Å²) in [7, 11) is 1.64. The molecule has 0 aromatic rings. The number of carbonyl (C=O) groups excluding carboxylic acids is 2. The van der Waals surface area contributed by atoms with Crippen LogP contribution in [0.1, 0.15) is 12.8 Å². The monoisotopic (exact) mass is 313 g/mol. The fourth-order valence-electron chi connectivity index (χ4n) is 2.63. The fourth-order valence-corrected chi connectivity index (χ4v) is 2.63. The van der Waals surface area contributed by atoms with E-state index in [-0.39, 0.29) is 23.7 Å². The largest absolute Gasteiger partial charge is 0.385 e. The van der Waals surface area contributed by atoms with Gasteiger partial charge in [0.25, 0.3) is 0 Å². The van der Waals surface area contributed by atoms with Gasteiger partial charge in [-0.05, 0) is 12.8 Å². The molecule has 7 nitrogen and oxygen atoms in total. The SMILES string of the molecule is COCCCNC(=O)C1CC1C(=O)NCCN1CCOCC1. The van der Waals surface area contributed by atoms with Crippen molar-refractivity contribution in [2.24, 2.45) is 11.8 Å². The number of rotatable bonds is 9. The lowest BCUT2D eigenvalue weighted by Gasteiger charge is -2.26. The molecular weight excluding hydrogens is 286 g/mol. The van der Waals surface area contributed by atoms with Gasteiger partial charge in [0.2, 0.25) is 11.8 Å². The van der Waals surface area contributed by atoms with Crippen molar-refractivity contribution in [3.63, 3.8) is 0 Å². The molecule has 2 N–H and O–H groups in total. The summed E-state index contributed by atoms with van der Waals surface area (Å²) < 4.78 is 10.2. The molecule has 0 bridgehead atoms. The van der Waals surface area contributed by atoms with Gasteiger partial charge in [0, 0.05) is 46.4 Å². The topological polar surface area (TPSA) is 79.9 Å². The predicted octanol–water partition coefficient (Wildman–Crippen LogP) is -0.776. The number of ether oxygens (including phenoxy) is 2. The Morgan fingerprint density at radius 3 is 2.41 bits per heavy atom.